The second-order valence-electron chi connectivity index (χ2n) is 5.97. The predicted molar refractivity (Wildman–Crippen MR) is 95.2 cm³/mol. The molecule has 1 aromatic carbocycles. The minimum atomic E-state index is 0.0429. The highest BCUT2D eigenvalue weighted by Gasteiger charge is 2.24. The van der Waals surface area contributed by atoms with Crippen molar-refractivity contribution in [2.24, 2.45) is 0 Å². The van der Waals surface area contributed by atoms with Crippen LogP contribution in [0.1, 0.15) is 18.6 Å². The van der Waals surface area contributed by atoms with E-state index in [1.54, 1.807) is 6.26 Å². The number of carbonyl (C=O) groups excluding carboxylic acids is 1. The molecule has 2 aromatic heterocycles. The highest BCUT2D eigenvalue weighted by Crippen LogP contribution is 2.25. The van der Waals surface area contributed by atoms with Gasteiger partial charge in [-0.1, -0.05) is 42.1 Å². The van der Waals surface area contributed by atoms with Crippen molar-refractivity contribution in [3.05, 3.63) is 54.5 Å². The number of amides is 1. The topological polar surface area (TPSA) is 73.0 Å². The van der Waals surface area contributed by atoms with Gasteiger partial charge in [0.2, 0.25) is 5.91 Å². The number of rotatable bonds is 7. The third kappa shape index (κ3) is 3.93. The van der Waals surface area contributed by atoms with Crippen LogP contribution >= 0.6 is 11.8 Å². The molecule has 1 saturated carbocycles. The number of carbonyl (C=O) groups is 1. The number of furan rings is 1. The van der Waals surface area contributed by atoms with E-state index in [1.165, 1.54) is 11.8 Å². The fraction of sp³-hybridized carbons (Fsp3) is 0.278. The third-order valence-electron chi connectivity index (χ3n) is 3.92. The number of thioether (sulfide) groups is 1. The van der Waals surface area contributed by atoms with E-state index < -0.39 is 0 Å². The van der Waals surface area contributed by atoms with Crippen molar-refractivity contribution in [1.82, 2.24) is 20.1 Å². The van der Waals surface area contributed by atoms with E-state index >= 15 is 0 Å². The Bertz CT molecular complexity index is 841. The van der Waals surface area contributed by atoms with Crippen molar-refractivity contribution in [3.63, 3.8) is 0 Å². The SMILES string of the molecule is O=C(CSc1nnc(-c2ccccc2)n1Cc1ccco1)NC1CC1. The van der Waals surface area contributed by atoms with Gasteiger partial charge < -0.3 is 9.73 Å². The molecule has 0 unspecified atom stereocenters. The summed E-state index contributed by atoms with van der Waals surface area (Å²) < 4.78 is 7.46. The lowest BCUT2D eigenvalue weighted by Gasteiger charge is -2.09. The minimum Gasteiger partial charge on any atom is -0.467 e. The molecule has 4 rings (SSSR count). The van der Waals surface area contributed by atoms with Gasteiger partial charge in [0.05, 0.1) is 18.6 Å². The van der Waals surface area contributed by atoms with Gasteiger partial charge in [-0.2, -0.15) is 0 Å². The molecule has 0 saturated heterocycles. The second-order valence-corrected chi connectivity index (χ2v) is 6.91. The molecule has 1 aliphatic rings. The Labute approximate surface area is 149 Å². The minimum absolute atomic E-state index is 0.0429. The van der Waals surface area contributed by atoms with E-state index in [9.17, 15) is 4.79 Å². The zero-order chi connectivity index (χ0) is 17.1. The molecule has 2 heterocycles. The van der Waals surface area contributed by atoms with E-state index in [-0.39, 0.29) is 5.91 Å². The van der Waals surface area contributed by atoms with E-state index in [1.807, 2.05) is 47.0 Å². The molecule has 25 heavy (non-hydrogen) atoms. The Morgan fingerprint density at radius 3 is 2.76 bits per heavy atom. The van der Waals surface area contributed by atoms with Gasteiger partial charge >= 0.3 is 0 Å². The van der Waals surface area contributed by atoms with Crippen LogP contribution < -0.4 is 5.32 Å². The summed E-state index contributed by atoms with van der Waals surface area (Å²) in [6, 6.07) is 14.0. The van der Waals surface area contributed by atoms with Gasteiger partial charge in [0, 0.05) is 11.6 Å². The molecule has 0 spiro atoms. The van der Waals surface area contributed by atoms with E-state index in [0.29, 0.717) is 23.5 Å². The van der Waals surface area contributed by atoms with Gasteiger partial charge in [0.1, 0.15) is 5.76 Å². The van der Waals surface area contributed by atoms with Gasteiger partial charge in [-0.25, -0.2) is 0 Å². The molecule has 0 aliphatic heterocycles. The Morgan fingerprint density at radius 2 is 2.04 bits per heavy atom. The van der Waals surface area contributed by atoms with Crippen molar-refractivity contribution >= 4 is 17.7 Å². The summed E-state index contributed by atoms with van der Waals surface area (Å²) in [6.45, 7) is 0.525. The van der Waals surface area contributed by atoms with Crippen LogP contribution in [0, 0.1) is 0 Å². The largest absolute Gasteiger partial charge is 0.467 e. The normalized spacial score (nSPS) is 13.8. The molecule has 0 radical (unpaired) electrons. The molecule has 7 heteroatoms. The summed E-state index contributed by atoms with van der Waals surface area (Å²) in [5.74, 6) is 1.96. The van der Waals surface area contributed by atoms with Crippen molar-refractivity contribution in [3.8, 4) is 11.4 Å². The Kier molecular flexibility index (Phi) is 4.56. The second kappa shape index (κ2) is 7.14. The first-order valence-corrected chi connectivity index (χ1v) is 9.21. The molecule has 1 amide bonds. The molecule has 3 aromatic rings. The van der Waals surface area contributed by atoms with Gasteiger partial charge in [-0.05, 0) is 25.0 Å². The fourth-order valence-electron chi connectivity index (χ4n) is 2.52. The quantitative estimate of drug-likeness (QED) is 0.661. The Hall–Kier alpha value is -2.54. The maximum Gasteiger partial charge on any atom is 0.230 e. The van der Waals surface area contributed by atoms with Crippen LogP contribution in [0.2, 0.25) is 0 Å². The summed E-state index contributed by atoms with van der Waals surface area (Å²) in [5.41, 5.74) is 0.982. The zero-order valence-corrected chi connectivity index (χ0v) is 14.4. The van der Waals surface area contributed by atoms with Gasteiger partial charge in [-0.3, -0.25) is 9.36 Å². The van der Waals surface area contributed by atoms with Crippen LogP contribution in [0.15, 0.2) is 58.3 Å². The Morgan fingerprint density at radius 1 is 1.20 bits per heavy atom. The lowest BCUT2D eigenvalue weighted by atomic mass is 10.2. The molecule has 6 nitrogen and oxygen atoms in total. The molecule has 1 N–H and O–H groups in total. The highest BCUT2D eigenvalue weighted by atomic mass is 32.2. The predicted octanol–water partition coefficient (Wildman–Crippen LogP) is 2.96. The number of nitrogens with zero attached hydrogens (tertiary/aromatic N) is 3. The lowest BCUT2D eigenvalue weighted by Crippen LogP contribution is -2.27. The highest BCUT2D eigenvalue weighted by molar-refractivity contribution is 7.99. The first-order chi connectivity index (χ1) is 12.3. The number of aromatic nitrogens is 3. The van der Waals surface area contributed by atoms with Gasteiger partial charge in [-0.15, -0.1) is 10.2 Å². The van der Waals surface area contributed by atoms with Gasteiger partial charge in [0.25, 0.3) is 0 Å². The number of benzene rings is 1. The van der Waals surface area contributed by atoms with Crippen LogP contribution in [0.4, 0.5) is 0 Å². The van der Waals surface area contributed by atoms with Gasteiger partial charge in [0.15, 0.2) is 11.0 Å². The summed E-state index contributed by atoms with van der Waals surface area (Å²) in [5, 5.41) is 12.3. The molecule has 128 valence electrons. The van der Waals surface area contributed by atoms with Crippen molar-refractivity contribution in [2.75, 3.05) is 5.75 Å². The standard InChI is InChI=1S/C18H18N4O2S/c23-16(19-14-8-9-14)12-25-18-21-20-17(13-5-2-1-3-6-13)22(18)11-15-7-4-10-24-15/h1-7,10,14H,8-9,11-12H2,(H,19,23). The average molecular weight is 354 g/mol. The number of nitrogens with one attached hydrogen (secondary N) is 1. The third-order valence-corrected chi connectivity index (χ3v) is 4.88. The van der Waals surface area contributed by atoms with Crippen molar-refractivity contribution in [1.29, 1.82) is 0 Å². The maximum absolute atomic E-state index is 12.0. The van der Waals surface area contributed by atoms with Crippen LogP contribution in [-0.4, -0.2) is 32.5 Å². The summed E-state index contributed by atoms with van der Waals surface area (Å²) in [7, 11) is 0. The molecule has 0 bridgehead atoms. The number of hydrogen-bond acceptors (Lipinski definition) is 5. The summed E-state index contributed by atoms with van der Waals surface area (Å²) >= 11 is 1.40. The van der Waals surface area contributed by atoms with Crippen molar-refractivity contribution in [2.45, 2.75) is 30.6 Å². The first kappa shape index (κ1) is 16.0. The summed E-state index contributed by atoms with van der Waals surface area (Å²) in [4.78, 5) is 12.0. The molecular formula is C18H18N4O2S. The maximum atomic E-state index is 12.0. The molecular weight excluding hydrogens is 336 g/mol. The van der Waals surface area contributed by atoms with Crippen LogP contribution in [0.3, 0.4) is 0 Å². The first-order valence-electron chi connectivity index (χ1n) is 8.23. The van der Waals surface area contributed by atoms with Crippen LogP contribution in [0.25, 0.3) is 11.4 Å². The monoisotopic (exact) mass is 354 g/mol. The smallest absolute Gasteiger partial charge is 0.230 e. The van der Waals surface area contributed by atoms with E-state index in [0.717, 1.165) is 30.0 Å². The van der Waals surface area contributed by atoms with Crippen LogP contribution in [0.5, 0.6) is 0 Å². The van der Waals surface area contributed by atoms with E-state index in [4.69, 9.17) is 4.42 Å². The van der Waals surface area contributed by atoms with Crippen LogP contribution in [-0.2, 0) is 11.3 Å². The fourth-order valence-corrected chi connectivity index (χ4v) is 3.27. The average Bonchev–Trinajstić information content (AvgIpc) is 3.14. The lowest BCUT2D eigenvalue weighted by molar-refractivity contribution is -0.118. The number of hydrogen-bond donors (Lipinski definition) is 1. The molecule has 1 aliphatic carbocycles. The molecule has 0 atom stereocenters. The molecule has 1 fully saturated rings. The Balaban J connectivity index is 1.56. The zero-order valence-electron chi connectivity index (χ0n) is 13.6. The van der Waals surface area contributed by atoms with E-state index in [2.05, 4.69) is 15.5 Å². The van der Waals surface area contributed by atoms with Crippen molar-refractivity contribution < 1.29 is 9.21 Å². The summed E-state index contributed by atoms with van der Waals surface area (Å²) in [6.07, 6.45) is 3.82.